The first-order valence-electron chi connectivity index (χ1n) is 10.4. The molecule has 2 aliphatic heterocycles. The van der Waals surface area contributed by atoms with Crippen LogP contribution in [-0.4, -0.2) is 60.6 Å². The average Bonchev–Trinajstić information content (AvgIpc) is 3.42. The van der Waals surface area contributed by atoms with E-state index in [2.05, 4.69) is 27.3 Å². The molecule has 3 heterocycles. The van der Waals surface area contributed by atoms with Crippen molar-refractivity contribution in [3.8, 4) is 0 Å². The Bertz CT molecular complexity index is 596. The third-order valence-electron chi connectivity index (χ3n) is 5.96. The Morgan fingerprint density at radius 3 is 2.77 bits per heavy atom. The van der Waals surface area contributed by atoms with Crippen LogP contribution in [0.1, 0.15) is 44.3 Å². The van der Waals surface area contributed by atoms with Crippen LogP contribution >= 0.6 is 0 Å². The summed E-state index contributed by atoms with van der Waals surface area (Å²) in [6.07, 6.45) is 15.1. The summed E-state index contributed by atoms with van der Waals surface area (Å²) in [5, 5.41) is 3.80. The molecular formula is C21H32N4O. The Hall–Kier alpha value is -1.75. The predicted molar refractivity (Wildman–Crippen MR) is 105 cm³/mol. The first-order valence-corrected chi connectivity index (χ1v) is 10.4. The molecule has 2 fully saturated rings. The third kappa shape index (κ3) is 4.50. The van der Waals surface area contributed by atoms with Crippen LogP contribution in [0.5, 0.6) is 0 Å². The van der Waals surface area contributed by atoms with Gasteiger partial charge in [0.05, 0.1) is 6.26 Å². The molecule has 0 spiro atoms. The van der Waals surface area contributed by atoms with Crippen molar-refractivity contribution in [1.29, 1.82) is 0 Å². The summed E-state index contributed by atoms with van der Waals surface area (Å²) in [7, 11) is 0. The van der Waals surface area contributed by atoms with Crippen molar-refractivity contribution >= 4 is 5.96 Å². The lowest BCUT2D eigenvalue weighted by atomic mass is 9.96. The number of guanidine groups is 1. The van der Waals surface area contributed by atoms with Gasteiger partial charge in [0.1, 0.15) is 5.76 Å². The second-order valence-electron chi connectivity index (χ2n) is 7.83. The number of nitrogens with one attached hydrogen (secondary N) is 1. The number of furan rings is 1. The molecule has 1 saturated carbocycles. The van der Waals surface area contributed by atoms with Crippen LogP contribution < -0.4 is 5.32 Å². The van der Waals surface area contributed by atoms with Gasteiger partial charge in [-0.1, -0.05) is 31.4 Å². The molecule has 1 N–H and O–H groups in total. The van der Waals surface area contributed by atoms with Gasteiger partial charge < -0.3 is 14.6 Å². The summed E-state index contributed by atoms with van der Waals surface area (Å²) in [6, 6.07) is 5.25. The fraction of sp³-hybridized carbons (Fsp3) is 0.667. The van der Waals surface area contributed by atoms with Crippen molar-refractivity contribution in [1.82, 2.24) is 15.1 Å². The number of hydrogen-bond donors (Lipinski definition) is 1. The van der Waals surface area contributed by atoms with Gasteiger partial charge in [-0.3, -0.25) is 9.89 Å². The Kier molecular flexibility index (Phi) is 5.95. The summed E-state index contributed by atoms with van der Waals surface area (Å²) in [5.41, 5.74) is 0. The minimum atomic E-state index is 0.596. The van der Waals surface area contributed by atoms with Gasteiger partial charge in [-0.2, -0.15) is 0 Å². The van der Waals surface area contributed by atoms with Gasteiger partial charge in [-0.05, 0) is 31.4 Å². The SMILES string of the molecule is C1=CCN(C2CCN(C(=NCCc3ccco3)NC3CCCCC3)C2)C1. The molecule has 0 radical (unpaired) electrons. The lowest BCUT2D eigenvalue weighted by molar-refractivity contribution is 0.258. The second-order valence-corrected chi connectivity index (χ2v) is 7.83. The fourth-order valence-electron chi connectivity index (χ4n) is 4.42. The van der Waals surface area contributed by atoms with Crippen LogP contribution in [0, 0.1) is 0 Å². The molecule has 4 rings (SSSR count). The van der Waals surface area contributed by atoms with Crippen molar-refractivity contribution < 1.29 is 4.42 Å². The minimum Gasteiger partial charge on any atom is -0.469 e. The molecule has 5 nitrogen and oxygen atoms in total. The van der Waals surface area contributed by atoms with Gasteiger partial charge in [-0.15, -0.1) is 0 Å². The van der Waals surface area contributed by atoms with Crippen LogP contribution in [0.3, 0.4) is 0 Å². The van der Waals surface area contributed by atoms with Crippen LogP contribution in [0.2, 0.25) is 0 Å². The van der Waals surface area contributed by atoms with E-state index in [4.69, 9.17) is 9.41 Å². The Morgan fingerprint density at radius 2 is 2.00 bits per heavy atom. The van der Waals surface area contributed by atoms with Crippen LogP contribution in [0.15, 0.2) is 40.0 Å². The zero-order chi connectivity index (χ0) is 17.6. The zero-order valence-electron chi connectivity index (χ0n) is 15.8. The summed E-state index contributed by atoms with van der Waals surface area (Å²) in [6.45, 7) is 5.22. The number of hydrogen-bond acceptors (Lipinski definition) is 3. The number of nitrogens with zero attached hydrogens (tertiary/aromatic N) is 3. The minimum absolute atomic E-state index is 0.596. The highest BCUT2D eigenvalue weighted by Crippen LogP contribution is 2.21. The maximum atomic E-state index is 5.46. The van der Waals surface area contributed by atoms with Gasteiger partial charge in [0.2, 0.25) is 0 Å². The molecule has 0 bridgehead atoms. The van der Waals surface area contributed by atoms with E-state index in [1.165, 1.54) is 38.5 Å². The van der Waals surface area contributed by atoms with Crippen molar-refractivity contribution in [2.45, 2.75) is 57.0 Å². The maximum absolute atomic E-state index is 5.46. The molecule has 1 atom stereocenters. The lowest BCUT2D eigenvalue weighted by Crippen LogP contribution is -2.47. The molecule has 1 aromatic heterocycles. The average molecular weight is 357 g/mol. The van der Waals surface area contributed by atoms with Gasteiger partial charge in [-0.25, -0.2) is 0 Å². The quantitative estimate of drug-likeness (QED) is 0.500. The summed E-state index contributed by atoms with van der Waals surface area (Å²) in [4.78, 5) is 10.0. The molecule has 3 aliphatic rings. The molecule has 1 aromatic rings. The third-order valence-corrected chi connectivity index (χ3v) is 5.96. The maximum Gasteiger partial charge on any atom is 0.194 e. The van der Waals surface area contributed by atoms with E-state index in [9.17, 15) is 0 Å². The topological polar surface area (TPSA) is 44.0 Å². The van der Waals surface area contributed by atoms with E-state index in [1.807, 2.05) is 12.1 Å². The van der Waals surface area contributed by atoms with Gasteiger partial charge in [0, 0.05) is 51.2 Å². The van der Waals surface area contributed by atoms with Crippen molar-refractivity contribution in [2.75, 3.05) is 32.7 Å². The largest absolute Gasteiger partial charge is 0.469 e. The van der Waals surface area contributed by atoms with E-state index < -0.39 is 0 Å². The monoisotopic (exact) mass is 356 g/mol. The van der Waals surface area contributed by atoms with Gasteiger partial charge in [0.25, 0.3) is 0 Å². The standard InChI is InChI=1S/C21H32N4O/c1-2-7-18(8-3-1)23-21(22-12-10-20-9-6-16-26-20)25-15-11-19(17-25)24-13-4-5-14-24/h4-6,9,16,18-19H,1-3,7-8,10-15,17H2,(H,22,23). The van der Waals surface area contributed by atoms with Crippen molar-refractivity contribution in [2.24, 2.45) is 4.99 Å². The Labute approximate surface area is 157 Å². The first kappa shape index (κ1) is 17.7. The normalized spacial score (nSPS) is 25.3. The fourth-order valence-corrected chi connectivity index (χ4v) is 4.42. The van der Waals surface area contributed by atoms with E-state index in [0.29, 0.717) is 12.1 Å². The van der Waals surface area contributed by atoms with Crippen molar-refractivity contribution in [3.05, 3.63) is 36.3 Å². The van der Waals surface area contributed by atoms with Crippen LogP contribution in [0.25, 0.3) is 0 Å². The van der Waals surface area contributed by atoms with Gasteiger partial charge in [0.15, 0.2) is 5.96 Å². The number of likely N-dealkylation sites (tertiary alicyclic amines) is 1. The number of aliphatic imine (C=N–C) groups is 1. The van der Waals surface area contributed by atoms with Crippen LogP contribution in [-0.2, 0) is 6.42 Å². The zero-order valence-corrected chi connectivity index (χ0v) is 15.8. The Morgan fingerprint density at radius 1 is 1.15 bits per heavy atom. The summed E-state index contributed by atoms with van der Waals surface area (Å²) >= 11 is 0. The van der Waals surface area contributed by atoms with Gasteiger partial charge >= 0.3 is 0 Å². The smallest absolute Gasteiger partial charge is 0.194 e. The van der Waals surface area contributed by atoms with E-state index in [0.717, 1.165) is 50.9 Å². The van der Waals surface area contributed by atoms with Crippen LogP contribution in [0.4, 0.5) is 0 Å². The molecule has 1 saturated heterocycles. The summed E-state index contributed by atoms with van der Waals surface area (Å²) in [5.74, 6) is 2.14. The predicted octanol–water partition coefficient (Wildman–Crippen LogP) is 3.05. The molecule has 5 heteroatoms. The molecule has 26 heavy (non-hydrogen) atoms. The second kappa shape index (κ2) is 8.76. The first-order chi connectivity index (χ1) is 12.9. The van der Waals surface area contributed by atoms with E-state index >= 15 is 0 Å². The molecule has 1 unspecified atom stereocenters. The van der Waals surface area contributed by atoms with E-state index in [1.54, 1.807) is 6.26 Å². The Balaban J connectivity index is 1.37. The molecule has 142 valence electrons. The van der Waals surface area contributed by atoms with Crippen molar-refractivity contribution in [3.63, 3.8) is 0 Å². The summed E-state index contributed by atoms with van der Waals surface area (Å²) < 4.78 is 5.46. The highest BCUT2D eigenvalue weighted by Gasteiger charge is 2.30. The van der Waals surface area contributed by atoms with E-state index in [-0.39, 0.29) is 0 Å². The molecule has 1 aliphatic carbocycles. The molecular weight excluding hydrogens is 324 g/mol. The lowest BCUT2D eigenvalue weighted by Gasteiger charge is -2.30. The molecule has 0 amide bonds. The molecule has 0 aromatic carbocycles. The highest BCUT2D eigenvalue weighted by atomic mass is 16.3. The highest BCUT2D eigenvalue weighted by molar-refractivity contribution is 5.80. The number of rotatable bonds is 5.